The molecule has 0 amide bonds. The lowest BCUT2D eigenvalue weighted by Crippen LogP contribution is -2.56. The lowest BCUT2D eigenvalue weighted by atomic mass is 10.0. The van der Waals surface area contributed by atoms with Crippen LogP contribution in [0.3, 0.4) is 0 Å². The van der Waals surface area contributed by atoms with Gasteiger partial charge in [-0.2, -0.15) is 5.10 Å². The van der Waals surface area contributed by atoms with Gasteiger partial charge in [0.15, 0.2) is 5.96 Å². The fraction of sp³-hybridized carbons (Fsp3) is 0.778. The van der Waals surface area contributed by atoms with E-state index in [2.05, 4.69) is 53.3 Å². The smallest absolute Gasteiger partial charge is 0.191 e. The highest BCUT2D eigenvalue weighted by Crippen LogP contribution is 2.15. The molecular weight excluding hydrogens is 443 g/mol. The minimum Gasteiger partial charge on any atom is -0.379 e. The number of ether oxygens (including phenoxy) is 1. The summed E-state index contributed by atoms with van der Waals surface area (Å²) in [5, 5.41) is 11.4. The summed E-state index contributed by atoms with van der Waals surface area (Å²) in [6.07, 6.45) is 0.944. The van der Waals surface area contributed by atoms with E-state index in [0.29, 0.717) is 0 Å². The third-order valence-electron chi connectivity index (χ3n) is 5.11. The van der Waals surface area contributed by atoms with Crippen LogP contribution < -0.4 is 10.6 Å². The van der Waals surface area contributed by atoms with Crippen LogP contribution in [-0.4, -0.2) is 72.6 Å². The third kappa shape index (κ3) is 6.09. The Balaban J connectivity index is 0.00000338. The Hall–Kier alpha value is -0.870. The van der Waals surface area contributed by atoms with Gasteiger partial charge in [0.1, 0.15) is 0 Å². The normalized spacial score (nSPS) is 16.3. The van der Waals surface area contributed by atoms with Crippen molar-refractivity contribution in [2.75, 3.05) is 46.4 Å². The van der Waals surface area contributed by atoms with Crippen molar-refractivity contribution in [3.8, 4) is 0 Å². The molecule has 1 saturated heterocycles. The molecule has 2 N–H and O–H groups in total. The summed E-state index contributed by atoms with van der Waals surface area (Å²) in [7, 11) is 3.81. The molecule has 1 aromatic rings. The first kappa shape index (κ1) is 23.2. The van der Waals surface area contributed by atoms with Crippen molar-refractivity contribution >= 4 is 29.9 Å². The lowest BCUT2D eigenvalue weighted by molar-refractivity contribution is -0.00833. The Morgan fingerprint density at radius 1 is 1.23 bits per heavy atom. The molecule has 0 unspecified atom stereocenters. The van der Waals surface area contributed by atoms with Crippen LogP contribution in [0.5, 0.6) is 0 Å². The number of aromatic nitrogens is 2. The topological polar surface area (TPSA) is 66.7 Å². The first-order chi connectivity index (χ1) is 11.8. The SMILES string of the molecule is CN=C(NCCc1c(C)nn(C)c1C)NCC(C)(C)N1CCOCC1.I. The number of nitrogens with one attached hydrogen (secondary N) is 2. The number of morpholine rings is 1. The molecule has 8 heteroatoms. The summed E-state index contributed by atoms with van der Waals surface area (Å²) in [5.41, 5.74) is 3.73. The third-order valence-corrected chi connectivity index (χ3v) is 5.11. The van der Waals surface area contributed by atoms with Crippen molar-refractivity contribution in [1.29, 1.82) is 0 Å². The number of hydrogen-bond acceptors (Lipinski definition) is 4. The number of nitrogens with zero attached hydrogens (tertiary/aromatic N) is 4. The van der Waals surface area contributed by atoms with Gasteiger partial charge in [-0.25, -0.2) is 0 Å². The highest BCUT2D eigenvalue weighted by atomic mass is 127. The van der Waals surface area contributed by atoms with Gasteiger partial charge >= 0.3 is 0 Å². The molecule has 0 saturated carbocycles. The van der Waals surface area contributed by atoms with Crippen LogP contribution in [0.2, 0.25) is 0 Å². The predicted octanol–water partition coefficient (Wildman–Crippen LogP) is 1.47. The Morgan fingerprint density at radius 2 is 1.88 bits per heavy atom. The average molecular weight is 478 g/mol. The number of aryl methyl sites for hydroxylation is 2. The summed E-state index contributed by atoms with van der Waals surface area (Å²) in [5.74, 6) is 0.848. The molecule has 2 heterocycles. The maximum atomic E-state index is 5.45. The second-order valence-electron chi connectivity index (χ2n) is 7.29. The van der Waals surface area contributed by atoms with Gasteiger partial charge < -0.3 is 15.4 Å². The molecule has 0 spiro atoms. The standard InChI is InChI=1S/C18H34N6O.HI/c1-14-16(15(2)23(6)22-14)7-8-20-17(19-5)21-13-18(3,4)24-9-11-25-12-10-24;/h7-13H2,1-6H3,(H2,19,20,21);1H. The second-order valence-corrected chi connectivity index (χ2v) is 7.29. The van der Waals surface area contributed by atoms with Gasteiger partial charge in [-0.15, -0.1) is 24.0 Å². The van der Waals surface area contributed by atoms with Crippen molar-refractivity contribution in [3.05, 3.63) is 17.0 Å². The predicted molar refractivity (Wildman–Crippen MR) is 118 cm³/mol. The van der Waals surface area contributed by atoms with Crippen molar-refractivity contribution in [3.63, 3.8) is 0 Å². The van der Waals surface area contributed by atoms with Crippen LogP contribution in [0, 0.1) is 13.8 Å². The maximum Gasteiger partial charge on any atom is 0.191 e. The fourth-order valence-electron chi connectivity index (χ4n) is 3.29. The van der Waals surface area contributed by atoms with E-state index in [1.54, 1.807) is 0 Å². The summed E-state index contributed by atoms with van der Waals surface area (Å²) < 4.78 is 7.40. The summed E-state index contributed by atoms with van der Waals surface area (Å²) >= 11 is 0. The molecule has 0 bridgehead atoms. The van der Waals surface area contributed by atoms with E-state index in [9.17, 15) is 0 Å². The largest absolute Gasteiger partial charge is 0.379 e. The maximum absolute atomic E-state index is 5.45. The van der Waals surface area contributed by atoms with E-state index in [0.717, 1.165) is 57.5 Å². The molecule has 1 aromatic heterocycles. The molecule has 1 fully saturated rings. The highest BCUT2D eigenvalue weighted by molar-refractivity contribution is 14.0. The van der Waals surface area contributed by atoms with Crippen LogP contribution in [0.25, 0.3) is 0 Å². The fourth-order valence-corrected chi connectivity index (χ4v) is 3.29. The van der Waals surface area contributed by atoms with Gasteiger partial charge in [0.2, 0.25) is 0 Å². The van der Waals surface area contributed by atoms with Gasteiger partial charge in [0.05, 0.1) is 18.9 Å². The number of aliphatic imine (C=N–C) groups is 1. The minimum atomic E-state index is 0. The van der Waals surface area contributed by atoms with Crippen molar-refractivity contribution in [2.45, 2.75) is 39.7 Å². The van der Waals surface area contributed by atoms with Gasteiger partial charge in [0.25, 0.3) is 0 Å². The Bertz CT molecular complexity index is 593. The number of halogens is 1. The van der Waals surface area contributed by atoms with Crippen LogP contribution in [0.1, 0.15) is 30.8 Å². The molecular formula is C18H35IN6O. The molecule has 26 heavy (non-hydrogen) atoms. The van der Waals surface area contributed by atoms with E-state index in [-0.39, 0.29) is 29.5 Å². The molecule has 1 aliphatic heterocycles. The van der Waals surface area contributed by atoms with Gasteiger partial charge in [-0.1, -0.05) is 0 Å². The average Bonchev–Trinajstić information content (AvgIpc) is 2.84. The zero-order valence-corrected chi connectivity index (χ0v) is 19.4. The van der Waals surface area contributed by atoms with Crippen molar-refractivity contribution in [2.24, 2.45) is 12.0 Å². The molecule has 0 aliphatic carbocycles. The monoisotopic (exact) mass is 478 g/mol. The van der Waals surface area contributed by atoms with E-state index in [4.69, 9.17) is 4.74 Å². The Labute approximate surface area is 175 Å². The summed E-state index contributed by atoms with van der Waals surface area (Å²) in [4.78, 5) is 6.82. The molecule has 0 aromatic carbocycles. The van der Waals surface area contributed by atoms with Gasteiger partial charge in [0, 0.05) is 51.5 Å². The summed E-state index contributed by atoms with van der Waals surface area (Å²) in [6, 6.07) is 0. The molecule has 150 valence electrons. The quantitative estimate of drug-likeness (QED) is 0.369. The minimum absolute atomic E-state index is 0. The number of guanidine groups is 1. The molecule has 0 atom stereocenters. The van der Waals surface area contributed by atoms with E-state index in [1.807, 2.05) is 18.8 Å². The highest BCUT2D eigenvalue weighted by Gasteiger charge is 2.28. The van der Waals surface area contributed by atoms with Crippen LogP contribution in [0.15, 0.2) is 4.99 Å². The second kappa shape index (κ2) is 10.5. The molecule has 2 rings (SSSR count). The van der Waals surface area contributed by atoms with E-state index in [1.165, 1.54) is 11.3 Å². The van der Waals surface area contributed by atoms with Crippen LogP contribution in [-0.2, 0) is 18.2 Å². The Morgan fingerprint density at radius 3 is 2.42 bits per heavy atom. The van der Waals surface area contributed by atoms with Crippen LogP contribution in [0.4, 0.5) is 0 Å². The lowest BCUT2D eigenvalue weighted by Gasteiger charge is -2.41. The zero-order valence-electron chi connectivity index (χ0n) is 17.1. The summed E-state index contributed by atoms with van der Waals surface area (Å²) in [6.45, 7) is 14.0. The van der Waals surface area contributed by atoms with E-state index >= 15 is 0 Å². The number of rotatable bonds is 6. The number of hydrogen-bond donors (Lipinski definition) is 2. The first-order valence-corrected chi connectivity index (χ1v) is 9.11. The molecule has 1 aliphatic rings. The van der Waals surface area contributed by atoms with Crippen molar-refractivity contribution < 1.29 is 4.74 Å². The van der Waals surface area contributed by atoms with Crippen molar-refractivity contribution in [1.82, 2.24) is 25.3 Å². The Kier molecular flexibility index (Phi) is 9.32. The van der Waals surface area contributed by atoms with Gasteiger partial charge in [-0.05, 0) is 39.7 Å². The molecule has 7 nitrogen and oxygen atoms in total. The first-order valence-electron chi connectivity index (χ1n) is 9.11. The molecule has 0 radical (unpaired) electrons. The van der Waals surface area contributed by atoms with E-state index < -0.39 is 0 Å². The van der Waals surface area contributed by atoms with Gasteiger partial charge in [-0.3, -0.25) is 14.6 Å². The van der Waals surface area contributed by atoms with Crippen LogP contribution >= 0.6 is 24.0 Å². The zero-order chi connectivity index (χ0) is 18.4.